The van der Waals surface area contributed by atoms with E-state index >= 15 is 0 Å². The lowest BCUT2D eigenvalue weighted by Crippen LogP contribution is -2.26. The number of aryl methyl sites for hydroxylation is 1. The van der Waals surface area contributed by atoms with E-state index in [1.54, 1.807) is 41.9 Å². The number of aliphatic hydroxyl groups excluding tert-OH is 1. The number of carbonyl (C=O) groups is 1. The average molecular weight is 415 g/mol. The SMILES string of the molecule is Cn1c(/C(C#N)=C(\O)COC(=O)Cn2cnc3ccccc3c2=O)nc2ccccc21. The van der Waals surface area contributed by atoms with Crippen molar-refractivity contribution in [3.05, 3.63) is 76.8 Å². The van der Waals surface area contributed by atoms with Crippen molar-refractivity contribution in [2.45, 2.75) is 6.54 Å². The predicted molar refractivity (Wildman–Crippen MR) is 113 cm³/mol. The third-order valence-electron chi connectivity index (χ3n) is 4.81. The van der Waals surface area contributed by atoms with Gasteiger partial charge in [0.1, 0.15) is 24.8 Å². The maximum atomic E-state index is 12.5. The van der Waals surface area contributed by atoms with Gasteiger partial charge in [0.25, 0.3) is 5.56 Å². The zero-order valence-electron chi connectivity index (χ0n) is 16.5. The fraction of sp³-hybridized carbons (Fsp3) is 0.136. The summed E-state index contributed by atoms with van der Waals surface area (Å²) in [5.41, 5.74) is 1.51. The van der Waals surface area contributed by atoms with Crippen molar-refractivity contribution in [2.75, 3.05) is 6.61 Å². The van der Waals surface area contributed by atoms with Crippen LogP contribution >= 0.6 is 0 Å². The van der Waals surface area contributed by atoms with Crippen LogP contribution in [0.4, 0.5) is 0 Å². The van der Waals surface area contributed by atoms with Gasteiger partial charge in [-0.3, -0.25) is 14.2 Å². The van der Waals surface area contributed by atoms with Crippen LogP contribution in [0.3, 0.4) is 0 Å². The Bertz CT molecular complexity index is 1440. The highest BCUT2D eigenvalue weighted by Gasteiger charge is 2.18. The van der Waals surface area contributed by atoms with Crippen molar-refractivity contribution in [1.82, 2.24) is 19.1 Å². The van der Waals surface area contributed by atoms with Gasteiger partial charge in [0, 0.05) is 7.05 Å². The fourth-order valence-corrected chi connectivity index (χ4v) is 3.24. The molecule has 0 aliphatic rings. The predicted octanol–water partition coefficient (Wildman–Crippen LogP) is 2.32. The van der Waals surface area contributed by atoms with Crippen LogP contribution in [0.2, 0.25) is 0 Å². The van der Waals surface area contributed by atoms with Crippen molar-refractivity contribution in [3.8, 4) is 6.07 Å². The second kappa shape index (κ2) is 8.12. The summed E-state index contributed by atoms with van der Waals surface area (Å²) in [7, 11) is 1.72. The summed E-state index contributed by atoms with van der Waals surface area (Å²) >= 11 is 0. The number of nitriles is 1. The molecule has 0 radical (unpaired) electrons. The number of para-hydroxylation sites is 3. The van der Waals surface area contributed by atoms with E-state index in [2.05, 4.69) is 9.97 Å². The van der Waals surface area contributed by atoms with Crippen molar-refractivity contribution in [1.29, 1.82) is 5.26 Å². The molecule has 0 saturated heterocycles. The van der Waals surface area contributed by atoms with Gasteiger partial charge in [0.15, 0.2) is 11.6 Å². The lowest BCUT2D eigenvalue weighted by Gasteiger charge is -2.08. The molecule has 0 saturated carbocycles. The third kappa shape index (κ3) is 3.74. The van der Waals surface area contributed by atoms with Gasteiger partial charge in [0.05, 0.1) is 28.3 Å². The van der Waals surface area contributed by atoms with Crippen LogP contribution < -0.4 is 5.56 Å². The Kier molecular flexibility index (Phi) is 5.20. The molecule has 0 atom stereocenters. The van der Waals surface area contributed by atoms with E-state index < -0.39 is 18.3 Å². The number of aromatic nitrogens is 4. The summed E-state index contributed by atoms with van der Waals surface area (Å²) in [6.07, 6.45) is 1.27. The first-order chi connectivity index (χ1) is 15.0. The van der Waals surface area contributed by atoms with Gasteiger partial charge in [-0.15, -0.1) is 0 Å². The van der Waals surface area contributed by atoms with Crippen LogP contribution in [-0.4, -0.2) is 36.8 Å². The van der Waals surface area contributed by atoms with E-state index in [9.17, 15) is 20.0 Å². The molecule has 4 aromatic rings. The minimum atomic E-state index is -0.756. The van der Waals surface area contributed by atoms with Crippen LogP contribution in [0.5, 0.6) is 0 Å². The molecule has 0 unspecified atom stereocenters. The van der Waals surface area contributed by atoms with Crippen LogP contribution in [0.15, 0.2) is 65.4 Å². The summed E-state index contributed by atoms with van der Waals surface area (Å²) in [4.78, 5) is 33.2. The Morgan fingerprint density at radius 1 is 1.16 bits per heavy atom. The first-order valence-electron chi connectivity index (χ1n) is 9.33. The number of aliphatic hydroxyl groups is 1. The van der Waals surface area contributed by atoms with Gasteiger partial charge in [-0.25, -0.2) is 9.97 Å². The number of fused-ring (bicyclic) bond motifs is 2. The fourth-order valence-electron chi connectivity index (χ4n) is 3.24. The largest absolute Gasteiger partial charge is 0.507 e. The van der Waals surface area contributed by atoms with Crippen LogP contribution in [0, 0.1) is 11.3 Å². The number of nitrogens with zero attached hydrogens (tertiary/aromatic N) is 5. The monoisotopic (exact) mass is 415 g/mol. The molecule has 0 aliphatic heterocycles. The van der Waals surface area contributed by atoms with Gasteiger partial charge in [-0.1, -0.05) is 24.3 Å². The molecule has 154 valence electrons. The number of ether oxygens (including phenoxy) is 1. The molecule has 1 N–H and O–H groups in total. The molecule has 2 heterocycles. The zero-order chi connectivity index (χ0) is 22.0. The molecule has 0 spiro atoms. The minimum absolute atomic E-state index is 0.101. The van der Waals surface area contributed by atoms with E-state index in [0.717, 1.165) is 10.1 Å². The average Bonchev–Trinajstić information content (AvgIpc) is 3.11. The lowest BCUT2D eigenvalue weighted by atomic mass is 10.2. The summed E-state index contributed by atoms with van der Waals surface area (Å²) in [5.74, 6) is -0.932. The van der Waals surface area contributed by atoms with Crippen molar-refractivity contribution in [3.63, 3.8) is 0 Å². The first-order valence-corrected chi connectivity index (χ1v) is 9.33. The Morgan fingerprint density at radius 2 is 1.87 bits per heavy atom. The van der Waals surface area contributed by atoms with E-state index in [4.69, 9.17) is 4.74 Å². The normalized spacial score (nSPS) is 11.9. The number of hydrogen-bond donors (Lipinski definition) is 1. The summed E-state index contributed by atoms with van der Waals surface area (Å²) < 4.78 is 7.87. The summed E-state index contributed by atoms with van der Waals surface area (Å²) in [6, 6.07) is 16.0. The Labute approximate surface area is 176 Å². The molecule has 0 fully saturated rings. The first kappa shape index (κ1) is 19.8. The molecule has 0 aliphatic carbocycles. The van der Waals surface area contributed by atoms with Gasteiger partial charge >= 0.3 is 5.97 Å². The molecule has 0 bridgehead atoms. The number of rotatable bonds is 5. The highest BCUT2D eigenvalue weighted by molar-refractivity contribution is 5.84. The lowest BCUT2D eigenvalue weighted by molar-refractivity contribution is -0.144. The quantitative estimate of drug-likeness (QED) is 0.301. The number of hydrogen-bond acceptors (Lipinski definition) is 7. The number of carbonyl (C=O) groups excluding carboxylic acids is 1. The van der Waals surface area contributed by atoms with E-state index in [0.29, 0.717) is 16.4 Å². The van der Waals surface area contributed by atoms with E-state index in [-0.39, 0.29) is 23.5 Å². The molecule has 9 heteroatoms. The molecular formula is C22H17N5O4. The Balaban J connectivity index is 1.52. The van der Waals surface area contributed by atoms with Crippen LogP contribution in [-0.2, 0) is 23.1 Å². The molecule has 2 aromatic carbocycles. The molecule has 2 aromatic heterocycles. The standard InChI is InChI=1S/C22H17N5O4/c1-26-18-9-5-4-8-17(18)25-21(26)15(10-23)19(28)12-31-20(29)11-27-13-24-16-7-3-2-6-14(16)22(27)30/h2-9,13,28H,11-12H2,1H3/b19-15-. The summed E-state index contributed by atoms with van der Waals surface area (Å²) in [6.45, 7) is -0.904. The van der Waals surface area contributed by atoms with Crippen molar-refractivity contribution >= 4 is 33.5 Å². The Hall–Kier alpha value is -4.45. The van der Waals surface area contributed by atoms with Crippen LogP contribution in [0.1, 0.15) is 5.82 Å². The van der Waals surface area contributed by atoms with Crippen molar-refractivity contribution in [2.24, 2.45) is 7.05 Å². The van der Waals surface area contributed by atoms with Gasteiger partial charge in [-0.2, -0.15) is 5.26 Å². The topological polar surface area (TPSA) is 123 Å². The molecular weight excluding hydrogens is 398 g/mol. The van der Waals surface area contributed by atoms with Gasteiger partial charge in [0.2, 0.25) is 0 Å². The summed E-state index contributed by atoms with van der Waals surface area (Å²) in [5, 5.41) is 20.3. The van der Waals surface area contributed by atoms with E-state index in [1.807, 2.05) is 24.3 Å². The second-order valence-electron chi connectivity index (χ2n) is 6.77. The smallest absolute Gasteiger partial charge is 0.326 e. The second-order valence-corrected chi connectivity index (χ2v) is 6.77. The minimum Gasteiger partial charge on any atom is -0.507 e. The Morgan fingerprint density at radius 3 is 2.61 bits per heavy atom. The van der Waals surface area contributed by atoms with Crippen LogP contribution in [0.25, 0.3) is 27.5 Å². The highest BCUT2D eigenvalue weighted by Crippen LogP contribution is 2.21. The molecule has 4 rings (SSSR count). The highest BCUT2D eigenvalue weighted by atomic mass is 16.5. The maximum Gasteiger partial charge on any atom is 0.326 e. The number of benzene rings is 2. The maximum absolute atomic E-state index is 12.5. The number of allylic oxidation sites excluding steroid dienone is 1. The van der Waals surface area contributed by atoms with Gasteiger partial charge < -0.3 is 14.4 Å². The molecule has 9 nitrogen and oxygen atoms in total. The van der Waals surface area contributed by atoms with Gasteiger partial charge in [-0.05, 0) is 24.3 Å². The third-order valence-corrected chi connectivity index (χ3v) is 4.81. The zero-order valence-corrected chi connectivity index (χ0v) is 16.5. The van der Waals surface area contributed by atoms with E-state index in [1.165, 1.54) is 6.33 Å². The number of imidazole rings is 1. The van der Waals surface area contributed by atoms with Crippen molar-refractivity contribution < 1.29 is 14.6 Å². The number of esters is 1. The molecule has 0 amide bonds. The molecule has 31 heavy (non-hydrogen) atoms.